The summed E-state index contributed by atoms with van der Waals surface area (Å²) in [5.74, 6) is 0.267. The molecule has 0 radical (unpaired) electrons. The molecule has 1 aliphatic heterocycles. The number of aryl methyl sites for hydroxylation is 1. The number of thiazole rings is 1. The second-order valence-electron chi connectivity index (χ2n) is 7.63. The van der Waals surface area contributed by atoms with Crippen molar-refractivity contribution in [2.24, 2.45) is 0 Å². The van der Waals surface area contributed by atoms with Gasteiger partial charge in [-0.1, -0.05) is 31.2 Å². The minimum absolute atomic E-state index is 0.109. The van der Waals surface area contributed by atoms with Gasteiger partial charge in [0.2, 0.25) is 5.91 Å². The number of hydrogen-bond donors (Lipinski definition) is 2. The van der Waals surface area contributed by atoms with Crippen LogP contribution in [-0.4, -0.2) is 42.5 Å². The minimum Gasteiger partial charge on any atom is -0.477 e. The van der Waals surface area contributed by atoms with E-state index in [-0.39, 0.29) is 18.4 Å². The molecule has 2 aromatic carbocycles. The maximum atomic E-state index is 12.9. The third-order valence-corrected chi connectivity index (χ3v) is 5.87. The van der Waals surface area contributed by atoms with Crippen LogP contribution in [0.2, 0.25) is 0 Å². The fourth-order valence-electron chi connectivity index (χ4n) is 3.58. The molecule has 7 nitrogen and oxygen atoms in total. The number of hydrogen-bond acceptors (Lipinski definition) is 6. The van der Waals surface area contributed by atoms with Crippen molar-refractivity contribution in [2.45, 2.75) is 26.4 Å². The van der Waals surface area contributed by atoms with Crippen molar-refractivity contribution in [1.82, 2.24) is 10.3 Å². The van der Waals surface area contributed by atoms with Gasteiger partial charge in [-0.05, 0) is 37.6 Å². The molecule has 2 N–H and O–H groups in total. The maximum absolute atomic E-state index is 12.9. The molecule has 0 bridgehead atoms. The molecule has 0 spiro atoms. The molecule has 2 heterocycles. The number of amides is 2. The average molecular weight is 451 g/mol. The fourth-order valence-corrected chi connectivity index (χ4v) is 4.20. The number of carbonyl (C=O) groups is 2. The van der Waals surface area contributed by atoms with Crippen LogP contribution in [0.5, 0.6) is 5.75 Å². The number of nitrogens with zero attached hydrogens (tertiary/aromatic N) is 2. The van der Waals surface area contributed by atoms with E-state index >= 15 is 0 Å². The van der Waals surface area contributed by atoms with Crippen LogP contribution in [0.15, 0.2) is 53.9 Å². The normalized spacial score (nSPS) is 14.9. The van der Waals surface area contributed by atoms with Gasteiger partial charge in [0, 0.05) is 23.2 Å². The van der Waals surface area contributed by atoms with E-state index in [2.05, 4.69) is 15.6 Å². The number of carbonyl (C=O) groups excluding carboxylic acids is 2. The second-order valence-corrected chi connectivity index (χ2v) is 8.69. The van der Waals surface area contributed by atoms with Crippen molar-refractivity contribution in [3.63, 3.8) is 0 Å². The van der Waals surface area contributed by atoms with Crippen LogP contribution >= 0.6 is 11.3 Å². The molecule has 3 aromatic rings. The van der Waals surface area contributed by atoms with Crippen LogP contribution < -0.4 is 20.3 Å². The molecule has 0 saturated heterocycles. The van der Waals surface area contributed by atoms with Crippen LogP contribution in [0.1, 0.15) is 18.4 Å². The van der Waals surface area contributed by atoms with Gasteiger partial charge in [-0.15, -0.1) is 11.3 Å². The summed E-state index contributed by atoms with van der Waals surface area (Å²) in [6.07, 6.45) is 0.182. The van der Waals surface area contributed by atoms with E-state index in [1.54, 1.807) is 11.3 Å². The van der Waals surface area contributed by atoms with Crippen molar-refractivity contribution >= 4 is 34.5 Å². The van der Waals surface area contributed by atoms with Crippen LogP contribution in [0.25, 0.3) is 11.3 Å². The quantitative estimate of drug-likeness (QED) is 0.571. The van der Waals surface area contributed by atoms with E-state index in [0.29, 0.717) is 24.5 Å². The summed E-state index contributed by atoms with van der Waals surface area (Å²) in [6.45, 7) is 4.97. The molecule has 1 aliphatic rings. The standard InChI is InChI=1S/C24H26N4O3S/c1-3-11-25-24(30)22-13-28(20-9-4-5-10-21(20)31-22)14-23(29)27-18-8-6-7-17(12-18)19-15-32-16(2)26-19/h4-10,12,15,22H,3,11,13-14H2,1-2H3,(H,25,30)(H,27,29). The Balaban J connectivity index is 1.46. The first-order chi connectivity index (χ1) is 15.5. The lowest BCUT2D eigenvalue weighted by molar-refractivity contribution is -0.128. The molecular weight excluding hydrogens is 424 g/mol. The number of rotatable bonds is 7. The monoisotopic (exact) mass is 450 g/mol. The number of nitrogens with one attached hydrogen (secondary N) is 2. The zero-order chi connectivity index (χ0) is 22.5. The lowest BCUT2D eigenvalue weighted by atomic mass is 10.1. The largest absolute Gasteiger partial charge is 0.477 e. The Morgan fingerprint density at radius 3 is 2.84 bits per heavy atom. The summed E-state index contributed by atoms with van der Waals surface area (Å²) >= 11 is 1.59. The molecule has 1 aromatic heterocycles. The Labute approximate surface area is 191 Å². The molecule has 8 heteroatoms. The van der Waals surface area contributed by atoms with E-state index in [1.165, 1.54) is 0 Å². The average Bonchev–Trinajstić information content (AvgIpc) is 3.24. The Morgan fingerprint density at radius 2 is 2.06 bits per heavy atom. The molecule has 4 rings (SSSR count). The number of anilines is 2. The second kappa shape index (κ2) is 9.82. The SMILES string of the molecule is CCCNC(=O)C1CN(CC(=O)Nc2cccc(-c3csc(C)n3)c2)c2ccccc2O1. The summed E-state index contributed by atoms with van der Waals surface area (Å²) in [5.41, 5.74) is 3.36. The number of benzene rings is 2. The highest BCUT2D eigenvalue weighted by atomic mass is 32.1. The first kappa shape index (κ1) is 21.8. The number of ether oxygens (including phenoxy) is 1. The third kappa shape index (κ3) is 5.08. The smallest absolute Gasteiger partial charge is 0.262 e. The Bertz CT molecular complexity index is 1110. The molecule has 1 unspecified atom stereocenters. The molecule has 0 fully saturated rings. The topological polar surface area (TPSA) is 83.6 Å². The van der Waals surface area contributed by atoms with Crippen LogP contribution in [-0.2, 0) is 9.59 Å². The van der Waals surface area contributed by atoms with E-state index < -0.39 is 6.10 Å². The van der Waals surface area contributed by atoms with Gasteiger partial charge in [-0.3, -0.25) is 9.59 Å². The summed E-state index contributed by atoms with van der Waals surface area (Å²) in [5, 5.41) is 8.85. The summed E-state index contributed by atoms with van der Waals surface area (Å²) in [7, 11) is 0. The predicted molar refractivity (Wildman–Crippen MR) is 127 cm³/mol. The number of para-hydroxylation sites is 2. The van der Waals surface area contributed by atoms with Crippen molar-refractivity contribution in [2.75, 3.05) is 29.9 Å². The van der Waals surface area contributed by atoms with E-state index in [1.807, 2.05) is 72.7 Å². The van der Waals surface area contributed by atoms with E-state index in [9.17, 15) is 9.59 Å². The van der Waals surface area contributed by atoms with Gasteiger partial charge in [-0.2, -0.15) is 0 Å². The summed E-state index contributed by atoms with van der Waals surface area (Å²) in [6, 6.07) is 15.1. The Kier molecular flexibility index (Phi) is 6.70. The van der Waals surface area contributed by atoms with E-state index in [0.717, 1.165) is 28.4 Å². The van der Waals surface area contributed by atoms with Gasteiger partial charge < -0.3 is 20.3 Å². The first-order valence-electron chi connectivity index (χ1n) is 10.6. The molecular formula is C24H26N4O3S. The minimum atomic E-state index is -0.666. The van der Waals surface area contributed by atoms with Crippen molar-refractivity contribution in [3.8, 4) is 17.0 Å². The van der Waals surface area contributed by atoms with Gasteiger partial charge >= 0.3 is 0 Å². The first-order valence-corrected chi connectivity index (χ1v) is 11.5. The van der Waals surface area contributed by atoms with Gasteiger partial charge in [0.15, 0.2) is 6.10 Å². The van der Waals surface area contributed by atoms with Gasteiger partial charge in [-0.25, -0.2) is 4.98 Å². The van der Waals surface area contributed by atoms with Crippen LogP contribution in [0.3, 0.4) is 0 Å². The predicted octanol–water partition coefficient (Wildman–Crippen LogP) is 3.85. The lowest BCUT2D eigenvalue weighted by Crippen LogP contribution is -2.50. The molecule has 32 heavy (non-hydrogen) atoms. The highest BCUT2D eigenvalue weighted by molar-refractivity contribution is 7.09. The van der Waals surface area contributed by atoms with Crippen molar-refractivity contribution in [3.05, 3.63) is 58.9 Å². The number of aromatic nitrogens is 1. The molecule has 2 amide bonds. The highest BCUT2D eigenvalue weighted by Crippen LogP contribution is 2.33. The molecule has 1 atom stereocenters. The van der Waals surface area contributed by atoms with Crippen molar-refractivity contribution in [1.29, 1.82) is 0 Å². The number of fused-ring (bicyclic) bond motifs is 1. The van der Waals surface area contributed by atoms with Gasteiger partial charge in [0.05, 0.1) is 29.5 Å². The summed E-state index contributed by atoms with van der Waals surface area (Å²) < 4.78 is 5.90. The van der Waals surface area contributed by atoms with Gasteiger partial charge in [0.25, 0.3) is 5.91 Å². The Hall–Kier alpha value is -3.39. The zero-order valence-electron chi connectivity index (χ0n) is 18.1. The molecule has 0 saturated carbocycles. The van der Waals surface area contributed by atoms with Crippen molar-refractivity contribution < 1.29 is 14.3 Å². The lowest BCUT2D eigenvalue weighted by Gasteiger charge is -2.35. The zero-order valence-corrected chi connectivity index (χ0v) is 18.9. The molecule has 0 aliphatic carbocycles. The maximum Gasteiger partial charge on any atom is 0.262 e. The molecule has 166 valence electrons. The highest BCUT2D eigenvalue weighted by Gasteiger charge is 2.31. The van der Waals surface area contributed by atoms with E-state index in [4.69, 9.17) is 4.74 Å². The van der Waals surface area contributed by atoms with Gasteiger partial charge in [0.1, 0.15) is 5.75 Å². The van der Waals surface area contributed by atoms with Crippen LogP contribution in [0.4, 0.5) is 11.4 Å². The van der Waals surface area contributed by atoms with Crippen LogP contribution in [0, 0.1) is 6.92 Å². The summed E-state index contributed by atoms with van der Waals surface area (Å²) in [4.78, 5) is 31.8. The third-order valence-electron chi connectivity index (χ3n) is 5.10. The fraction of sp³-hybridized carbons (Fsp3) is 0.292. The Morgan fingerprint density at radius 1 is 1.22 bits per heavy atom.